The van der Waals surface area contributed by atoms with Gasteiger partial charge in [-0.15, -0.1) is 0 Å². The van der Waals surface area contributed by atoms with E-state index < -0.39 is 0 Å². The molecule has 1 saturated heterocycles. The summed E-state index contributed by atoms with van der Waals surface area (Å²) in [5.41, 5.74) is 3.08. The third kappa shape index (κ3) is 4.60. The maximum Gasteiger partial charge on any atom is 0.273 e. The number of amides is 2. The number of likely N-dealkylation sites (tertiary alicyclic amines) is 1. The standard InChI is InChI=1S/C24H23FN4O2/c1-16-19(23(30)27-15-17-7-9-18(25)10-8-17)11-12-20(28-16)22-6-4-14-29(22)24(31)21-5-2-3-13-26-21/h2-3,5,7-13,22H,4,6,14-15H2,1H3,(H,27,30). The molecule has 0 aliphatic carbocycles. The molecule has 1 aliphatic rings. The molecule has 0 radical (unpaired) electrons. The first-order valence-electron chi connectivity index (χ1n) is 10.2. The first kappa shape index (κ1) is 20.7. The highest BCUT2D eigenvalue weighted by Gasteiger charge is 2.32. The minimum Gasteiger partial charge on any atom is -0.348 e. The Morgan fingerprint density at radius 2 is 1.94 bits per heavy atom. The second kappa shape index (κ2) is 9.04. The molecule has 1 aliphatic heterocycles. The van der Waals surface area contributed by atoms with Crippen LogP contribution in [-0.2, 0) is 6.54 Å². The molecule has 2 amide bonds. The third-order valence-electron chi connectivity index (χ3n) is 5.46. The zero-order valence-corrected chi connectivity index (χ0v) is 17.2. The van der Waals surface area contributed by atoms with Crippen LogP contribution in [0.1, 0.15) is 56.7 Å². The number of hydrogen-bond acceptors (Lipinski definition) is 4. The zero-order chi connectivity index (χ0) is 21.8. The van der Waals surface area contributed by atoms with Gasteiger partial charge in [0.15, 0.2) is 0 Å². The number of rotatable bonds is 5. The van der Waals surface area contributed by atoms with Crippen molar-refractivity contribution in [1.82, 2.24) is 20.2 Å². The SMILES string of the molecule is Cc1nc(C2CCCN2C(=O)c2ccccn2)ccc1C(=O)NCc1ccc(F)cc1. The Labute approximate surface area is 180 Å². The predicted octanol–water partition coefficient (Wildman–Crippen LogP) is 3.83. The smallest absolute Gasteiger partial charge is 0.273 e. The van der Waals surface area contributed by atoms with Crippen molar-refractivity contribution in [3.63, 3.8) is 0 Å². The lowest BCUT2D eigenvalue weighted by atomic mass is 10.1. The second-order valence-corrected chi connectivity index (χ2v) is 7.55. The summed E-state index contributed by atoms with van der Waals surface area (Å²) < 4.78 is 13.0. The minimum atomic E-state index is -0.312. The first-order valence-corrected chi connectivity index (χ1v) is 10.2. The number of carbonyl (C=O) groups is 2. The van der Waals surface area contributed by atoms with Crippen molar-refractivity contribution >= 4 is 11.8 Å². The Morgan fingerprint density at radius 3 is 2.65 bits per heavy atom. The van der Waals surface area contributed by atoms with Gasteiger partial charge in [0, 0.05) is 19.3 Å². The van der Waals surface area contributed by atoms with Crippen molar-refractivity contribution in [1.29, 1.82) is 0 Å². The van der Waals surface area contributed by atoms with Crippen LogP contribution in [0.5, 0.6) is 0 Å². The number of benzene rings is 1. The van der Waals surface area contributed by atoms with Crippen molar-refractivity contribution < 1.29 is 14.0 Å². The van der Waals surface area contributed by atoms with Crippen LogP contribution in [-0.4, -0.2) is 33.2 Å². The first-order chi connectivity index (χ1) is 15.0. The Kier molecular flexibility index (Phi) is 6.02. The van der Waals surface area contributed by atoms with Crippen LogP contribution < -0.4 is 5.32 Å². The Bertz CT molecular complexity index is 1090. The van der Waals surface area contributed by atoms with E-state index in [1.54, 1.807) is 54.4 Å². The summed E-state index contributed by atoms with van der Waals surface area (Å²) >= 11 is 0. The number of carbonyl (C=O) groups excluding carboxylic acids is 2. The molecule has 1 unspecified atom stereocenters. The van der Waals surface area contributed by atoms with Crippen molar-refractivity contribution in [2.45, 2.75) is 32.4 Å². The summed E-state index contributed by atoms with van der Waals surface area (Å²) in [6.45, 7) is 2.74. The van der Waals surface area contributed by atoms with E-state index in [0.717, 1.165) is 24.1 Å². The fourth-order valence-electron chi connectivity index (χ4n) is 3.84. The van der Waals surface area contributed by atoms with E-state index in [1.165, 1.54) is 12.1 Å². The lowest BCUT2D eigenvalue weighted by molar-refractivity contribution is 0.0726. The second-order valence-electron chi connectivity index (χ2n) is 7.55. The number of hydrogen-bond donors (Lipinski definition) is 1. The molecule has 3 aromatic rings. The van der Waals surface area contributed by atoms with Gasteiger partial charge in [-0.2, -0.15) is 0 Å². The van der Waals surface area contributed by atoms with E-state index in [2.05, 4.69) is 15.3 Å². The van der Waals surface area contributed by atoms with E-state index in [0.29, 0.717) is 30.0 Å². The summed E-state index contributed by atoms with van der Waals surface area (Å²) in [7, 11) is 0. The van der Waals surface area contributed by atoms with Crippen LogP contribution in [0.2, 0.25) is 0 Å². The molecule has 3 heterocycles. The third-order valence-corrected chi connectivity index (χ3v) is 5.46. The number of nitrogens with one attached hydrogen (secondary N) is 1. The Morgan fingerprint density at radius 1 is 1.13 bits per heavy atom. The molecule has 1 fully saturated rings. The number of aryl methyl sites for hydroxylation is 1. The molecule has 6 nitrogen and oxygen atoms in total. The van der Waals surface area contributed by atoms with Gasteiger partial charge in [0.05, 0.1) is 23.0 Å². The molecular weight excluding hydrogens is 395 g/mol. The van der Waals surface area contributed by atoms with Gasteiger partial charge in [-0.25, -0.2) is 4.39 Å². The van der Waals surface area contributed by atoms with E-state index in [9.17, 15) is 14.0 Å². The average molecular weight is 418 g/mol. The molecular formula is C24H23FN4O2. The van der Waals surface area contributed by atoms with Gasteiger partial charge in [0.25, 0.3) is 11.8 Å². The minimum absolute atomic E-state index is 0.108. The number of aromatic nitrogens is 2. The zero-order valence-electron chi connectivity index (χ0n) is 17.2. The van der Waals surface area contributed by atoms with E-state index in [1.807, 2.05) is 6.07 Å². The van der Waals surface area contributed by atoms with Crippen molar-refractivity contribution in [3.05, 3.63) is 94.8 Å². The molecule has 0 spiro atoms. The highest BCUT2D eigenvalue weighted by Crippen LogP contribution is 2.32. The number of halogens is 1. The quantitative estimate of drug-likeness (QED) is 0.683. The van der Waals surface area contributed by atoms with Crippen LogP contribution in [0.3, 0.4) is 0 Å². The molecule has 158 valence electrons. The van der Waals surface area contributed by atoms with Gasteiger partial charge in [0.1, 0.15) is 11.5 Å². The average Bonchev–Trinajstić information content (AvgIpc) is 3.28. The predicted molar refractivity (Wildman–Crippen MR) is 114 cm³/mol. The Balaban J connectivity index is 1.46. The molecule has 1 N–H and O–H groups in total. The topological polar surface area (TPSA) is 75.2 Å². The fourth-order valence-corrected chi connectivity index (χ4v) is 3.84. The van der Waals surface area contributed by atoms with Gasteiger partial charge >= 0.3 is 0 Å². The van der Waals surface area contributed by atoms with Crippen molar-refractivity contribution in [2.75, 3.05) is 6.54 Å². The normalized spacial score (nSPS) is 15.7. The highest BCUT2D eigenvalue weighted by atomic mass is 19.1. The van der Waals surface area contributed by atoms with Crippen LogP contribution in [0, 0.1) is 12.7 Å². The van der Waals surface area contributed by atoms with Gasteiger partial charge in [-0.1, -0.05) is 18.2 Å². The van der Waals surface area contributed by atoms with E-state index in [-0.39, 0.29) is 23.7 Å². The van der Waals surface area contributed by atoms with Crippen molar-refractivity contribution in [2.24, 2.45) is 0 Å². The van der Waals surface area contributed by atoms with Crippen LogP contribution in [0.15, 0.2) is 60.8 Å². The summed E-state index contributed by atoms with van der Waals surface area (Å²) in [4.78, 5) is 36.1. The van der Waals surface area contributed by atoms with Crippen LogP contribution in [0.25, 0.3) is 0 Å². The summed E-state index contributed by atoms with van der Waals surface area (Å²) in [5.74, 6) is -0.662. The van der Waals surface area contributed by atoms with Crippen LogP contribution in [0.4, 0.5) is 4.39 Å². The van der Waals surface area contributed by atoms with E-state index in [4.69, 9.17) is 0 Å². The molecule has 0 bridgehead atoms. The maximum absolute atomic E-state index is 13.0. The molecule has 2 aromatic heterocycles. The molecule has 1 atom stereocenters. The van der Waals surface area contributed by atoms with Crippen LogP contribution >= 0.6 is 0 Å². The highest BCUT2D eigenvalue weighted by molar-refractivity contribution is 5.95. The van der Waals surface area contributed by atoms with Gasteiger partial charge < -0.3 is 10.2 Å². The number of pyridine rings is 2. The largest absolute Gasteiger partial charge is 0.348 e. The summed E-state index contributed by atoms with van der Waals surface area (Å²) in [5, 5.41) is 2.84. The summed E-state index contributed by atoms with van der Waals surface area (Å²) in [6, 6.07) is 14.7. The maximum atomic E-state index is 13.0. The molecule has 0 saturated carbocycles. The Hall–Kier alpha value is -3.61. The molecule has 1 aromatic carbocycles. The molecule has 31 heavy (non-hydrogen) atoms. The van der Waals surface area contributed by atoms with Gasteiger partial charge in [-0.3, -0.25) is 19.6 Å². The number of nitrogens with zero attached hydrogens (tertiary/aromatic N) is 3. The fraction of sp³-hybridized carbons (Fsp3) is 0.250. The lowest BCUT2D eigenvalue weighted by Crippen LogP contribution is -2.32. The van der Waals surface area contributed by atoms with E-state index >= 15 is 0 Å². The molecule has 4 rings (SSSR count). The monoisotopic (exact) mass is 418 g/mol. The molecule has 7 heteroatoms. The summed E-state index contributed by atoms with van der Waals surface area (Å²) in [6.07, 6.45) is 3.32. The lowest BCUT2D eigenvalue weighted by Gasteiger charge is -2.24. The van der Waals surface area contributed by atoms with Gasteiger partial charge in [-0.05, 0) is 61.7 Å². The van der Waals surface area contributed by atoms with Crippen molar-refractivity contribution in [3.8, 4) is 0 Å². The van der Waals surface area contributed by atoms with Gasteiger partial charge in [0.2, 0.25) is 0 Å².